The number of nitrogens with one attached hydrogen (secondary N) is 1. The van der Waals surface area contributed by atoms with Crippen LogP contribution in [0.3, 0.4) is 0 Å². The third-order valence-electron chi connectivity index (χ3n) is 4.26. The van der Waals surface area contributed by atoms with Crippen LogP contribution in [0.4, 0.5) is 11.4 Å². The van der Waals surface area contributed by atoms with Gasteiger partial charge in [0.15, 0.2) is 0 Å². The van der Waals surface area contributed by atoms with Gasteiger partial charge in [0, 0.05) is 12.1 Å². The van der Waals surface area contributed by atoms with Gasteiger partial charge in [-0.2, -0.15) is 0 Å². The zero-order valence-electron chi connectivity index (χ0n) is 11.4. The van der Waals surface area contributed by atoms with Gasteiger partial charge in [-0.05, 0) is 56.2 Å². The fraction of sp³-hybridized carbons (Fsp3) is 0.571. The lowest BCUT2D eigenvalue weighted by Crippen LogP contribution is -2.25. The van der Waals surface area contributed by atoms with Crippen molar-refractivity contribution in [2.45, 2.75) is 46.6 Å². The molecular formula is C14H20N2O2. The minimum atomic E-state index is -0.309. The maximum absolute atomic E-state index is 11.1. The average Bonchev–Trinajstić information content (AvgIpc) is 3.02. The minimum Gasteiger partial charge on any atom is -0.376 e. The van der Waals surface area contributed by atoms with Crippen LogP contribution in [0.25, 0.3) is 0 Å². The number of nitrogens with zero attached hydrogens (tertiary/aromatic N) is 1. The summed E-state index contributed by atoms with van der Waals surface area (Å²) in [6, 6.07) is 3.80. The summed E-state index contributed by atoms with van der Waals surface area (Å²) in [7, 11) is 0. The Morgan fingerprint density at radius 2 is 1.89 bits per heavy atom. The second-order valence-corrected chi connectivity index (χ2v) is 5.73. The van der Waals surface area contributed by atoms with Crippen LogP contribution in [-0.4, -0.2) is 11.0 Å². The van der Waals surface area contributed by atoms with Crippen LogP contribution in [0.15, 0.2) is 12.1 Å². The number of nitro groups is 1. The first kappa shape index (κ1) is 12.9. The molecular weight excluding hydrogens is 228 g/mol. The molecule has 1 aliphatic rings. The van der Waals surface area contributed by atoms with Crippen LogP contribution in [0.5, 0.6) is 0 Å². The van der Waals surface area contributed by atoms with E-state index in [0.29, 0.717) is 11.1 Å². The summed E-state index contributed by atoms with van der Waals surface area (Å²) < 4.78 is 0. The normalized spacial score (nSPS) is 18.2. The molecule has 1 N–H and O–H groups in total. The van der Waals surface area contributed by atoms with Gasteiger partial charge in [-0.15, -0.1) is 0 Å². The Hall–Kier alpha value is -1.58. The molecule has 98 valence electrons. The van der Waals surface area contributed by atoms with Crippen molar-refractivity contribution in [3.63, 3.8) is 0 Å². The maximum Gasteiger partial charge on any atom is 0.292 e. The molecule has 1 atom stereocenters. The molecule has 0 spiro atoms. The van der Waals surface area contributed by atoms with E-state index in [1.807, 2.05) is 19.9 Å². The van der Waals surface area contributed by atoms with E-state index in [2.05, 4.69) is 19.2 Å². The van der Waals surface area contributed by atoms with Crippen molar-refractivity contribution in [1.29, 1.82) is 0 Å². The van der Waals surface area contributed by atoms with Crippen molar-refractivity contribution in [3.8, 4) is 0 Å². The molecule has 4 heteroatoms. The van der Waals surface area contributed by atoms with Crippen molar-refractivity contribution in [3.05, 3.63) is 33.4 Å². The quantitative estimate of drug-likeness (QED) is 0.651. The first-order valence-corrected chi connectivity index (χ1v) is 6.36. The highest BCUT2D eigenvalue weighted by Crippen LogP contribution is 2.49. The van der Waals surface area contributed by atoms with E-state index in [-0.39, 0.29) is 16.7 Å². The Kier molecular flexibility index (Phi) is 3.05. The number of hydrogen-bond donors (Lipinski definition) is 1. The number of anilines is 1. The Labute approximate surface area is 108 Å². The number of benzene rings is 1. The van der Waals surface area contributed by atoms with E-state index in [1.165, 1.54) is 12.8 Å². The van der Waals surface area contributed by atoms with Crippen molar-refractivity contribution < 1.29 is 4.92 Å². The summed E-state index contributed by atoms with van der Waals surface area (Å²) in [5, 5.41) is 14.4. The molecule has 1 aromatic carbocycles. The summed E-state index contributed by atoms with van der Waals surface area (Å²) in [6.45, 7) is 8.20. The van der Waals surface area contributed by atoms with Gasteiger partial charge in [0.05, 0.1) is 4.92 Å². The number of hydrogen-bond acceptors (Lipinski definition) is 3. The van der Waals surface area contributed by atoms with Crippen molar-refractivity contribution in [2.75, 3.05) is 5.32 Å². The fourth-order valence-electron chi connectivity index (χ4n) is 2.11. The lowest BCUT2D eigenvalue weighted by molar-refractivity contribution is -0.384. The van der Waals surface area contributed by atoms with Gasteiger partial charge in [0.2, 0.25) is 0 Å². The predicted octanol–water partition coefficient (Wildman–Crippen LogP) is 3.81. The molecule has 0 heterocycles. The fourth-order valence-corrected chi connectivity index (χ4v) is 2.11. The molecule has 2 rings (SSSR count). The molecule has 1 aromatic rings. The third kappa shape index (κ3) is 2.33. The van der Waals surface area contributed by atoms with Gasteiger partial charge in [0.25, 0.3) is 5.69 Å². The van der Waals surface area contributed by atoms with Crippen LogP contribution in [-0.2, 0) is 0 Å². The van der Waals surface area contributed by atoms with E-state index >= 15 is 0 Å². The first-order chi connectivity index (χ1) is 8.33. The Morgan fingerprint density at radius 1 is 1.33 bits per heavy atom. The van der Waals surface area contributed by atoms with Gasteiger partial charge in [-0.1, -0.05) is 6.92 Å². The molecule has 0 aliphatic heterocycles. The van der Waals surface area contributed by atoms with Gasteiger partial charge < -0.3 is 5.32 Å². The largest absolute Gasteiger partial charge is 0.376 e. The Bertz CT molecular complexity index is 493. The maximum atomic E-state index is 11.1. The Morgan fingerprint density at radius 3 is 2.39 bits per heavy atom. The summed E-state index contributed by atoms with van der Waals surface area (Å²) >= 11 is 0. The SMILES string of the molecule is Cc1cc(NC(C)C2(C)CC2)c([N+](=O)[O-])cc1C. The van der Waals surface area contributed by atoms with Crippen molar-refractivity contribution in [2.24, 2.45) is 5.41 Å². The lowest BCUT2D eigenvalue weighted by atomic mass is 9.99. The molecule has 0 aromatic heterocycles. The minimum absolute atomic E-state index is 0.175. The number of nitro benzene ring substituents is 1. The second-order valence-electron chi connectivity index (χ2n) is 5.73. The highest BCUT2D eigenvalue weighted by Gasteiger charge is 2.43. The molecule has 1 saturated carbocycles. The van der Waals surface area contributed by atoms with Crippen LogP contribution in [0.1, 0.15) is 37.8 Å². The topological polar surface area (TPSA) is 55.2 Å². The second kappa shape index (κ2) is 4.26. The van der Waals surface area contributed by atoms with Crippen LogP contribution in [0, 0.1) is 29.4 Å². The molecule has 1 aliphatic carbocycles. The zero-order chi connectivity index (χ0) is 13.5. The summed E-state index contributed by atoms with van der Waals surface area (Å²) in [5.74, 6) is 0. The van der Waals surface area contributed by atoms with Gasteiger partial charge >= 0.3 is 0 Å². The predicted molar refractivity (Wildman–Crippen MR) is 73.0 cm³/mol. The number of rotatable bonds is 4. The third-order valence-corrected chi connectivity index (χ3v) is 4.26. The highest BCUT2D eigenvalue weighted by atomic mass is 16.6. The van der Waals surface area contributed by atoms with Crippen LogP contribution in [0.2, 0.25) is 0 Å². The van der Waals surface area contributed by atoms with Gasteiger partial charge in [-0.25, -0.2) is 0 Å². The monoisotopic (exact) mass is 248 g/mol. The van der Waals surface area contributed by atoms with E-state index in [1.54, 1.807) is 6.07 Å². The molecule has 0 radical (unpaired) electrons. The standard InChI is InChI=1S/C14H20N2O2/c1-9-7-12(13(16(17)18)8-10(9)2)15-11(3)14(4)5-6-14/h7-8,11,15H,5-6H2,1-4H3. The van der Waals surface area contributed by atoms with E-state index in [4.69, 9.17) is 0 Å². The van der Waals surface area contributed by atoms with Crippen LogP contribution >= 0.6 is 0 Å². The van der Waals surface area contributed by atoms with Gasteiger partial charge in [-0.3, -0.25) is 10.1 Å². The Balaban J connectivity index is 2.31. The van der Waals surface area contributed by atoms with Crippen molar-refractivity contribution in [1.82, 2.24) is 0 Å². The molecule has 0 amide bonds. The highest BCUT2D eigenvalue weighted by molar-refractivity contribution is 5.65. The molecule has 1 fully saturated rings. The van der Waals surface area contributed by atoms with Gasteiger partial charge in [0.1, 0.15) is 5.69 Å². The van der Waals surface area contributed by atoms with E-state index < -0.39 is 0 Å². The first-order valence-electron chi connectivity index (χ1n) is 6.36. The number of aryl methyl sites for hydroxylation is 2. The van der Waals surface area contributed by atoms with E-state index in [9.17, 15) is 10.1 Å². The lowest BCUT2D eigenvalue weighted by Gasteiger charge is -2.22. The average molecular weight is 248 g/mol. The molecule has 1 unspecified atom stereocenters. The summed E-state index contributed by atoms with van der Waals surface area (Å²) in [6.07, 6.45) is 2.39. The molecule has 18 heavy (non-hydrogen) atoms. The zero-order valence-corrected chi connectivity index (χ0v) is 11.4. The van der Waals surface area contributed by atoms with Crippen molar-refractivity contribution >= 4 is 11.4 Å². The summed E-state index contributed by atoms with van der Waals surface area (Å²) in [5.41, 5.74) is 3.15. The summed E-state index contributed by atoms with van der Waals surface area (Å²) in [4.78, 5) is 10.8. The smallest absolute Gasteiger partial charge is 0.292 e. The molecule has 4 nitrogen and oxygen atoms in total. The van der Waals surface area contributed by atoms with Crippen LogP contribution < -0.4 is 5.32 Å². The molecule has 0 saturated heterocycles. The van der Waals surface area contributed by atoms with E-state index in [0.717, 1.165) is 11.1 Å². The molecule has 0 bridgehead atoms.